The van der Waals surface area contributed by atoms with Crippen LogP contribution >= 0.6 is 22.9 Å². The highest BCUT2D eigenvalue weighted by Crippen LogP contribution is 2.33. The molecule has 4 aromatic rings. The minimum Gasteiger partial charge on any atom is -0.322 e. The van der Waals surface area contributed by atoms with Crippen molar-refractivity contribution >= 4 is 34.5 Å². The molecule has 0 unspecified atom stereocenters. The van der Waals surface area contributed by atoms with Gasteiger partial charge in [0.1, 0.15) is 5.01 Å². The van der Waals surface area contributed by atoms with Gasteiger partial charge in [-0.15, -0.1) is 11.3 Å². The Morgan fingerprint density at radius 2 is 1.79 bits per heavy atom. The summed E-state index contributed by atoms with van der Waals surface area (Å²) in [5.74, 6) is -0.125. The monoisotopic (exact) mass is 418 g/mol. The molecule has 0 aliphatic heterocycles. The third-order valence-corrected chi connectivity index (χ3v) is 6.00. The number of hydrogen-bond acceptors (Lipinski definition) is 3. The van der Waals surface area contributed by atoms with Crippen molar-refractivity contribution in [2.75, 3.05) is 5.32 Å². The van der Waals surface area contributed by atoms with Gasteiger partial charge in [0.25, 0.3) is 5.91 Å². The van der Waals surface area contributed by atoms with Crippen LogP contribution in [0.1, 0.15) is 21.5 Å². The molecule has 5 heteroatoms. The highest BCUT2D eigenvalue weighted by Gasteiger charge is 2.11. The molecule has 0 spiro atoms. The van der Waals surface area contributed by atoms with E-state index in [9.17, 15) is 4.79 Å². The topological polar surface area (TPSA) is 42.0 Å². The quantitative estimate of drug-likeness (QED) is 0.387. The number of halogens is 1. The van der Waals surface area contributed by atoms with E-state index in [1.54, 1.807) is 11.3 Å². The number of nitrogens with zero attached hydrogens (tertiary/aromatic N) is 1. The Hall–Kier alpha value is -2.95. The Bertz CT molecular complexity index is 1200. The first-order chi connectivity index (χ1) is 14.0. The number of carbonyl (C=O) groups excluding carboxylic acids is 1. The fourth-order valence-electron chi connectivity index (χ4n) is 3.01. The summed E-state index contributed by atoms with van der Waals surface area (Å²) in [5.41, 5.74) is 6.36. The lowest BCUT2D eigenvalue weighted by atomic mass is 10.1. The van der Waals surface area contributed by atoms with E-state index in [1.807, 2.05) is 86.0 Å². The van der Waals surface area contributed by atoms with Gasteiger partial charge in [0, 0.05) is 27.8 Å². The molecule has 1 N–H and O–H groups in total. The average Bonchev–Trinajstić information content (AvgIpc) is 3.20. The second kappa shape index (κ2) is 8.19. The number of anilines is 1. The summed E-state index contributed by atoms with van der Waals surface area (Å²) in [5, 5.41) is 6.53. The molecule has 0 saturated carbocycles. The molecule has 29 heavy (non-hydrogen) atoms. The number of benzene rings is 3. The molecule has 0 aliphatic rings. The van der Waals surface area contributed by atoms with Crippen LogP contribution in [0.4, 0.5) is 5.69 Å². The fourth-order valence-corrected chi connectivity index (χ4v) is 4.16. The van der Waals surface area contributed by atoms with Crippen molar-refractivity contribution in [2.24, 2.45) is 0 Å². The Balaban J connectivity index is 1.57. The molecule has 0 atom stereocenters. The van der Waals surface area contributed by atoms with Gasteiger partial charge in [-0.3, -0.25) is 4.79 Å². The van der Waals surface area contributed by atoms with E-state index in [0.717, 1.165) is 33.1 Å². The van der Waals surface area contributed by atoms with E-state index < -0.39 is 0 Å². The third-order valence-electron chi connectivity index (χ3n) is 4.79. The molecule has 0 aliphatic carbocycles. The first-order valence-corrected chi connectivity index (χ1v) is 10.5. The fraction of sp³-hybridized carbons (Fsp3) is 0.0833. The number of amides is 1. The molecule has 144 valence electrons. The van der Waals surface area contributed by atoms with E-state index in [0.29, 0.717) is 10.6 Å². The number of rotatable bonds is 4. The van der Waals surface area contributed by atoms with E-state index in [1.165, 1.54) is 5.56 Å². The summed E-state index contributed by atoms with van der Waals surface area (Å²) in [6.45, 7) is 4.04. The summed E-state index contributed by atoms with van der Waals surface area (Å²) < 4.78 is 0. The van der Waals surface area contributed by atoms with Gasteiger partial charge >= 0.3 is 0 Å². The van der Waals surface area contributed by atoms with Crippen LogP contribution in [0.2, 0.25) is 5.02 Å². The SMILES string of the molecule is Cc1ccc(C(=O)Nc2cccc(-c3csc(-c4ccccc4Cl)n3)c2)cc1C. The second-order valence-electron chi connectivity index (χ2n) is 6.85. The standard InChI is InChI=1S/C24H19ClN2OS/c1-15-10-11-18(12-16(15)2)23(28)26-19-7-5-6-17(13-19)22-14-29-24(27-22)20-8-3-4-9-21(20)25/h3-14H,1-2H3,(H,26,28). The predicted molar refractivity (Wildman–Crippen MR) is 122 cm³/mol. The molecule has 1 amide bonds. The van der Waals surface area contributed by atoms with Gasteiger partial charge in [-0.2, -0.15) is 0 Å². The van der Waals surface area contributed by atoms with Crippen molar-refractivity contribution in [1.29, 1.82) is 0 Å². The molecule has 4 rings (SSSR count). The highest BCUT2D eigenvalue weighted by atomic mass is 35.5. The second-order valence-corrected chi connectivity index (χ2v) is 8.12. The summed E-state index contributed by atoms with van der Waals surface area (Å²) in [6.07, 6.45) is 0. The molecule has 3 aromatic carbocycles. The van der Waals surface area contributed by atoms with Gasteiger partial charge in [-0.05, 0) is 55.3 Å². The largest absolute Gasteiger partial charge is 0.322 e. The molecule has 0 saturated heterocycles. The minimum atomic E-state index is -0.125. The lowest BCUT2D eigenvalue weighted by Crippen LogP contribution is -2.12. The lowest BCUT2D eigenvalue weighted by molar-refractivity contribution is 0.102. The van der Waals surface area contributed by atoms with Crippen molar-refractivity contribution in [3.8, 4) is 21.8 Å². The number of nitrogens with one attached hydrogen (secondary N) is 1. The Kier molecular flexibility index (Phi) is 5.47. The number of carbonyl (C=O) groups is 1. The molecule has 1 heterocycles. The van der Waals surface area contributed by atoms with E-state index in [4.69, 9.17) is 16.6 Å². The maximum Gasteiger partial charge on any atom is 0.255 e. The van der Waals surface area contributed by atoms with E-state index in [-0.39, 0.29) is 5.91 Å². The zero-order chi connectivity index (χ0) is 20.4. The van der Waals surface area contributed by atoms with Crippen LogP contribution in [0.25, 0.3) is 21.8 Å². The first kappa shape index (κ1) is 19.4. The predicted octanol–water partition coefficient (Wildman–Crippen LogP) is 7.00. The van der Waals surface area contributed by atoms with Crippen LogP contribution in [-0.2, 0) is 0 Å². The van der Waals surface area contributed by atoms with Crippen LogP contribution in [0.3, 0.4) is 0 Å². The summed E-state index contributed by atoms with van der Waals surface area (Å²) in [6, 6.07) is 21.1. The summed E-state index contributed by atoms with van der Waals surface area (Å²) in [7, 11) is 0. The van der Waals surface area contributed by atoms with Crippen LogP contribution in [0.15, 0.2) is 72.1 Å². The van der Waals surface area contributed by atoms with Gasteiger partial charge in [0.15, 0.2) is 0 Å². The minimum absolute atomic E-state index is 0.125. The van der Waals surface area contributed by atoms with Crippen LogP contribution < -0.4 is 5.32 Å². The molecule has 0 bridgehead atoms. The molecule has 0 radical (unpaired) electrons. The molecular formula is C24H19ClN2OS. The van der Waals surface area contributed by atoms with Crippen molar-refractivity contribution in [1.82, 2.24) is 4.98 Å². The Morgan fingerprint density at radius 1 is 0.966 bits per heavy atom. The van der Waals surface area contributed by atoms with Gasteiger partial charge in [-0.1, -0.05) is 48.0 Å². The maximum absolute atomic E-state index is 12.6. The van der Waals surface area contributed by atoms with Crippen LogP contribution in [0.5, 0.6) is 0 Å². The molecular weight excluding hydrogens is 400 g/mol. The number of aryl methyl sites for hydroxylation is 2. The smallest absolute Gasteiger partial charge is 0.255 e. The van der Waals surface area contributed by atoms with E-state index in [2.05, 4.69) is 5.32 Å². The molecule has 3 nitrogen and oxygen atoms in total. The summed E-state index contributed by atoms with van der Waals surface area (Å²) in [4.78, 5) is 17.3. The zero-order valence-corrected chi connectivity index (χ0v) is 17.6. The van der Waals surface area contributed by atoms with Gasteiger partial charge in [-0.25, -0.2) is 4.98 Å². The number of aromatic nitrogens is 1. The van der Waals surface area contributed by atoms with Gasteiger partial charge in [0.2, 0.25) is 0 Å². The normalized spacial score (nSPS) is 10.7. The van der Waals surface area contributed by atoms with Crippen molar-refractivity contribution in [3.05, 3.63) is 93.8 Å². The number of thiazole rings is 1. The highest BCUT2D eigenvalue weighted by molar-refractivity contribution is 7.13. The number of hydrogen-bond donors (Lipinski definition) is 1. The zero-order valence-electron chi connectivity index (χ0n) is 16.1. The Labute approximate surface area is 179 Å². The van der Waals surface area contributed by atoms with E-state index >= 15 is 0 Å². The van der Waals surface area contributed by atoms with Crippen LogP contribution in [-0.4, -0.2) is 10.9 Å². The van der Waals surface area contributed by atoms with Crippen LogP contribution in [0, 0.1) is 13.8 Å². The van der Waals surface area contributed by atoms with Crippen molar-refractivity contribution in [2.45, 2.75) is 13.8 Å². The molecule has 0 fully saturated rings. The van der Waals surface area contributed by atoms with Gasteiger partial charge < -0.3 is 5.32 Å². The van der Waals surface area contributed by atoms with Gasteiger partial charge in [0.05, 0.1) is 10.7 Å². The van der Waals surface area contributed by atoms with Crippen molar-refractivity contribution < 1.29 is 4.79 Å². The average molecular weight is 419 g/mol. The lowest BCUT2D eigenvalue weighted by Gasteiger charge is -2.08. The summed E-state index contributed by atoms with van der Waals surface area (Å²) >= 11 is 7.84. The maximum atomic E-state index is 12.6. The third kappa shape index (κ3) is 4.24. The molecule has 1 aromatic heterocycles. The van der Waals surface area contributed by atoms with Crippen molar-refractivity contribution in [3.63, 3.8) is 0 Å². The Morgan fingerprint density at radius 3 is 2.59 bits per heavy atom. The first-order valence-electron chi connectivity index (χ1n) is 9.21.